The molecule has 10 rings (SSSR count). The van der Waals surface area contributed by atoms with E-state index in [0.29, 0.717) is 17.6 Å². The van der Waals surface area contributed by atoms with E-state index < -0.39 is 0 Å². The second kappa shape index (κ2) is 11.4. The third-order valence-electron chi connectivity index (χ3n) is 9.45. The monoisotopic (exact) mass is 640 g/mol. The van der Waals surface area contributed by atoms with Gasteiger partial charge >= 0.3 is 0 Å². The predicted octanol–water partition coefficient (Wildman–Crippen LogP) is 11.5. The smallest absolute Gasteiger partial charge is 0.238 e. The van der Waals surface area contributed by atoms with Crippen LogP contribution in [0.2, 0.25) is 0 Å². The van der Waals surface area contributed by atoms with Crippen molar-refractivity contribution in [2.75, 3.05) is 0 Å². The third-order valence-corrected chi connectivity index (χ3v) is 9.45. The van der Waals surface area contributed by atoms with Crippen molar-refractivity contribution >= 4 is 43.7 Å². The maximum atomic E-state index is 7.02. The molecular formula is C45H28N4O. The standard InChI is InChI=1S/C45H28N4O/c1-5-15-29(16-6-1)33-27-37(30-17-7-2-8-18-30)40-36-26-25-35-34-23-13-14-24-38(34)49(41(35)42(36)50-39(40)28-33)45-47-43(31-19-9-3-10-20-31)46-44(48-45)32-21-11-4-12-22-32/h1-28H. The summed E-state index contributed by atoms with van der Waals surface area (Å²) < 4.78 is 9.17. The van der Waals surface area contributed by atoms with E-state index in [1.165, 1.54) is 0 Å². The predicted molar refractivity (Wildman–Crippen MR) is 203 cm³/mol. The van der Waals surface area contributed by atoms with Crippen LogP contribution in [0, 0.1) is 0 Å². The molecule has 0 aliphatic heterocycles. The Labute approximate surface area is 287 Å². The van der Waals surface area contributed by atoms with Gasteiger partial charge in [-0.2, -0.15) is 9.97 Å². The summed E-state index contributed by atoms with van der Waals surface area (Å²) in [4.78, 5) is 15.3. The Kier molecular flexibility index (Phi) is 6.42. The van der Waals surface area contributed by atoms with Gasteiger partial charge in [-0.15, -0.1) is 0 Å². The molecule has 10 aromatic rings. The summed E-state index contributed by atoms with van der Waals surface area (Å²) in [6, 6.07) is 58.5. The van der Waals surface area contributed by atoms with Crippen LogP contribution < -0.4 is 0 Å². The van der Waals surface area contributed by atoms with Crippen molar-refractivity contribution in [2.45, 2.75) is 0 Å². The number of hydrogen-bond acceptors (Lipinski definition) is 4. The molecule has 0 atom stereocenters. The SMILES string of the molecule is c1ccc(-c2cc(-c3ccccc3)c3c(c2)oc2c3ccc3c4ccccc4n(-c4nc(-c5ccccc5)nc(-c5ccccc5)n4)c32)cc1. The van der Waals surface area contributed by atoms with Gasteiger partial charge in [-0.3, -0.25) is 4.57 Å². The van der Waals surface area contributed by atoms with Crippen molar-refractivity contribution in [3.63, 3.8) is 0 Å². The fourth-order valence-electron chi connectivity index (χ4n) is 7.16. The van der Waals surface area contributed by atoms with Crippen molar-refractivity contribution in [3.8, 4) is 51.0 Å². The van der Waals surface area contributed by atoms with Gasteiger partial charge in [0.1, 0.15) is 11.1 Å². The van der Waals surface area contributed by atoms with Crippen LogP contribution in [0.3, 0.4) is 0 Å². The minimum atomic E-state index is 0.533. The number of nitrogens with zero attached hydrogens (tertiary/aromatic N) is 4. The van der Waals surface area contributed by atoms with Gasteiger partial charge in [-0.05, 0) is 46.5 Å². The number of hydrogen-bond donors (Lipinski definition) is 0. The van der Waals surface area contributed by atoms with Crippen molar-refractivity contribution < 1.29 is 4.42 Å². The molecular weight excluding hydrogens is 613 g/mol. The first kappa shape index (κ1) is 28.2. The fourth-order valence-corrected chi connectivity index (χ4v) is 7.16. The van der Waals surface area contributed by atoms with Crippen LogP contribution >= 0.6 is 0 Å². The summed E-state index contributed by atoms with van der Waals surface area (Å²) in [5.41, 5.74) is 9.87. The molecule has 0 unspecified atom stereocenters. The molecule has 5 heteroatoms. The van der Waals surface area contributed by atoms with Gasteiger partial charge in [-0.1, -0.05) is 146 Å². The summed E-state index contributed by atoms with van der Waals surface area (Å²) >= 11 is 0. The molecule has 0 bridgehead atoms. The summed E-state index contributed by atoms with van der Waals surface area (Å²) in [6.45, 7) is 0. The van der Waals surface area contributed by atoms with E-state index >= 15 is 0 Å². The normalized spacial score (nSPS) is 11.6. The first-order chi connectivity index (χ1) is 24.8. The lowest BCUT2D eigenvalue weighted by atomic mass is 9.94. The molecule has 0 N–H and O–H groups in total. The Bertz CT molecular complexity index is 2780. The largest absolute Gasteiger partial charge is 0.454 e. The van der Waals surface area contributed by atoms with Crippen LogP contribution in [-0.2, 0) is 0 Å². The molecule has 0 fully saturated rings. The second-order valence-corrected chi connectivity index (χ2v) is 12.4. The van der Waals surface area contributed by atoms with Crippen LogP contribution in [-0.4, -0.2) is 19.5 Å². The van der Waals surface area contributed by atoms with E-state index in [4.69, 9.17) is 19.4 Å². The first-order valence-electron chi connectivity index (χ1n) is 16.7. The molecule has 0 amide bonds. The lowest BCUT2D eigenvalue weighted by Gasteiger charge is -2.11. The lowest BCUT2D eigenvalue weighted by molar-refractivity contribution is 0.671. The zero-order chi connectivity index (χ0) is 33.0. The summed E-state index contributed by atoms with van der Waals surface area (Å²) in [6.07, 6.45) is 0. The number of para-hydroxylation sites is 1. The summed E-state index contributed by atoms with van der Waals surface area (Å²) in [7, 11) is 0. The maximum Gasteiger partial charge on any atom is 0.238 e. The molecule has 50 heavy (non-hydrogen) atoms. The van der Waals surface area contributed by atoms with Crippen molar-refractivity contribution in [1.82, 2.24) is 19.5 Å². The van der Waals surface area contributed by atoms with Gasteiger partial charge < -0.3 is 4.42 Å². The highest BCUT2D eigenvalue weighted by atomic mass is 16.3. The second-order valence-electron chi connectivity index (χ2n) is 12.4. The molecule has 3 heterocycles. The van der Waals surface area contributed by atoms with E-state index in [0.717, 1.165) is 77.1 Å². The van der Waals surface area contributed by atoms with Gasteiger partial charge in [-0.25, -0.2) is 4.98 Å². The summed E-state index contributed by atoms with van der Waals surface area (Å²) in [5.74, 6) is 1.75. The number of rotatable bonds is 5. The van der Waals surface area contributed by atoms with Crippen molar-refractivity contribution in [2.24, 2.45) is 0 Å². The molecule has 0 spiro atoms. The molecule has 0 aliphatic rings. The minimum absolute atomic E-state index is 0.533. The number of benzene rings is 7. The Morgan fingerprint density at radius 3 is 1.60 bits per heavy atom. The van der Waals surface area contributed by atoms with Gasteiger partial charge in [0.25, 0.3) is 0 Å². The Hall–Kier alpha value is -6.85. The molecule has 0 aliphatic carbocycles. The average Bonchev–Trinajstić information content (AvgIpc) is 3.75. The van der Waals surface area contributed by atoms with Crippen LogP contribution in [0.4, 0.5) is 0 Å². The number of furan rings is 1. The quantitative estimate of drug-likeness (QED) is 0.188. The van der Waals surface area contributed by atoms with Gasteiger partial charge in [0.2, 0.25) is 5.95 Å². The highest BCUT2D eigenvalue weighted by Crippen LogP contribution is 2.44. The van der Waals surface area contributed by atoms with Crippen LogP contribution in [0.25, 0.3) is 94.7 Å². The molecule has 234 valence electrons. The fraction of sp³-hybridized carbons (Fsp3) is 0. The van der Waals surface area contributed by atoms with E-state index in [1.807, 2.05) is 66.7 Å². The zero-order valence-corrected chi connectivity index (χ0v) is 26.9. The molecule has 5 nitrogen and oxygen atoms in total. The molecule has 0 saturated heterocycles. The highest BCUT2D eigenvalue weighted by molar-refractivity contribution is 6.23. The third kappa shape index (κ3) is 4.52. The molecule has 7 aromatic carbocycles. The van der Waals surface area contributed by atoms with E-state index in [2.05, 4.69) is 108 Å². The Balaban J connectivity index is 1.33. The maximum absolute atomic E-state index is 7.02. The Morgan fingerprint density at radius 2 is 0.960 bits per heavy atom. The van der Waals surface area contributed by atoms with Crippen molar-refractivity contribution in [1.29, 1.82) is 0 Å². The summed E-state index contributed by atoms with van der Waals surface area (Å²) in [5, 5.41) is 4.28. The van der Waals surface area contributed by atoms with E-state index in [9.17, 15) is 0 Å². The van der Waals surface area contributed by atoms with Gasteiger partial charge in [0, 0.05) is 32.7 Å². The molecule has 0 saturated carbocycles. The Morgan fingerprint density at radius 1 is 0.420 bits per heavy atom. The minimum Gasteiger partial charge on any atom is -0.454 e. The topological polar surface area (TPSA) is 56.7 Å². The zero-order valence-electron chi connectivity index (χ0n) is 26.9. The van der Waals surface area contributed by atoms with E-state index in [-0.39, 0.29) is 0 Å². The first-order valence-corrected chi connectivity index (χ1v) is 16.7. The van der Waals surface area contributed by atoms with Crippen LogP contribution in [0.5, 0.6) is 0 Å². The molecule has 0 radical (unpaired) electrons. The number of aromatic nitrogens is 4. The highest BCUT2D eigenvalue weighted by Gasteiger charge is 2.23. The lowest BCUT2D eigenvalue weighted by Crippen LogP contribution is -2.06. The van der Waals surface area contributed by atoms with Crippen LogP contribution in [0.15, 0.2) is 174 Å². The number of fused-ring (bicyclic) bond motifs is 7. The van der Waals surface area contributed by atoms with Crippen LogP contribution in [0.1, 0.15) is 0 Å². The molecule has 3 aromatic heterocycles. The average molecular weight is 641 g/mol. The van der Waals surface area contributed by atoms with Gasteiger partial charge in [0.15, 0.2) is 17.2 Å². The van der Waals surface area contributed by atoms with Gasteiger partial charge in [0.05, 0.1) is 5.52 Å². The van der Waals surface area contributed by atoms with E-state index in [1.54, 1.807) is 0 Å². The van der Waals surface area contributed by atoms with Crippen molar-refractivity contribution in [3.05, 3.63) is 170 Å².